The number of amides is 1. The van der Waals surface area contributed by atoms with Crippen LogP contribution in [0.5, 0.6) is 0 Å². The van der Waals surface area contributed by atoms with Crippen LogP contribution < -0.4 is 5.32 Å². The van der Waals surface area contributed by atoms with Gasteiger partial charge >= 0.3 is 0 Å². The molecule has 0 aliphatic rings. The number of halogens is 1. The third-order valence-electron chi connectivity index (χ3n) is 1.58. The lowest BCUT2D eigenvalue weighted by atomic mass is 10.3. The zero-order chi connectivity index (χ0) is 10.6. The van der Waals surface area contributed by atoms with Crippen LogP contribution >= 0.6 is 36.0 Å². The minimum atomic E-state index is -0.119. The number of thioether (sulfide) groups is 1. The molecule has 1 aromatic rings. The molecule has 0 aliphatic carbocycles. The van der Waals surface area contributed by atoms with Crippen LogP contribution in [-0.2, 0) is 4.79 Å². The van der Waals surface area contributed by atoms with Crippen molar-refractivity contribution in [2.75, 3.05) is 17.3 Å². The number of carbonyl (C=O) groups excluding carboxylic acids is 1. The zero-order valence-corrected chi connectivity index (χ0v) is 10.0. The maximum atomic E-state index is 11.1. The van der Waals surface area contributed by atoms with E-state index in [2.05, 4.69) is 17.9 Å². The molecule has 0 unspecified atom stereocenters. The van der Waals surface area contributed by atoms with E-state index in [4.69, 9.17) is 11.6 Å². The molecule has 1 N–H and O–H groups in total. The Kier molecular flexibility index (Phi) is 4.65. The van der Waals surface area contributed by atoms with E-state index in [0.717, 1.165) is 10.6 Å². The van der Waals surface area contributed by atoms with Gasteiger partial charge in [0.2, 0.25) is 5.91 Å². The van der Waals surface area contributed by atoms with Crippen molar-refractivity contribution in [2.45, 2.75) is 4.90 Å². The molecule has 0 spiro atoms. The maximum absolute atomic E-state index is 11.1. The number of nitrogens with one attached hydrogen (secondary N) is 1. The van der Waals surface area contributed by atoms with Crippen LogP contribution in [0.15, 0.2) is 23.1 Å². The number of carbonyl (C=O) groups is 1. The number of rotatable bonds is 3. The molecule has 0 heterocycles. The van der Waals surface area contributed by atoms with E-state index >= 15 is 0 Å². The molecule has 0 aromatic heterocycles. The van der Waals surface area contributed by atoms with Gasteiger partial charge in [0.15, 0.2) is 0 Å². The van der Waals surface area contributed by atoms with Crippen molar-refractivity contribution in [2.24, 2.45) is 0 Å². The highest BCUT2D eigenvalue weighted by Crippen LogP contribution is 2.28. The summed E-state index contributed by atoms with van der Waals surface area (Å²) in [5, 5.41) is 3.41. The van der Waals surface area contributed by atoms with Gasteiger partial charge in [0.05, 0.1) is 11.4 Å². The highest BCUT2D eigenvalue weighted by Gasteiger charge is 2.05. The topological polar surface area (TPSA) is 29.1 Å². The average molecular weight is 248 g/mol. The smallest absolute Gasteiger partial charge is 0.234 e. The minimum absolute atomic E-state index is 0.119. The molecular weight excluding hydrogens is 238 g/mol. The highest BCUT2D eigenvalue weighted by molar-refractivity contribution is 7.98. The molecule has 0 atom stereocenters. The van der Waals surface area contributed by atoms with E-state index in [0.29, 0.717) is 5.02 Å². The van der Waals surface area contributed by atoms with Gasteiger partial charge in [0.1, 0.15) is 0 Å². The van der Waals surface area contributed by atoms with E-state index in [9.17, 15) is 4.79 Å². The van der Waals surface area contributed by atoms with Crippen molar-refractivity contribution in [1.29, 1.82) is 0 Å². The Morgan fingerprint density at radius 1 is 1.64 bits per heavy atom. The summed E-state index contributed by atoms with van der Waals surface area (Å²) in [4.78, 5) is 12.1. The summed E-state index contributed by atoms with van der Waals surface area (Å²) in [5.41, 5.74) is 0.779. The summed E-state index contributed by atoms with van der Waals surface area (Å²) in [7, 11) is 0. The highest BCUT2D eigenvalue weighted by atomic mass is 35.5. The normalized spacial score (nSPS) is 9.93. The van der Waals surface area contributed by atoms with Gasteiger partial charge in [-0.2, -0.15) is 12.6 Å². The summed E-state index contributed by atoms with van der Waals surface area (Å²) in [6.07, 6.45) is 1.93. The van der Waals surface area contributed by atoms with E-state index < -0.39 is 0 Å². The molecule has 14 heavy (non-hydrogen) atoms. The quantitative estimate of drug-likeness (QED) is 0.635. The fourth-order valence-electron chi connectivity index (χ4n) is 0.958. The van der Waals surface area contributed by atoms with Gasteiger partial charge < -0.3 is 5.32 Å². The molecule has 0 aliphatic heterocycles. The summed E-state index contributed by atoms with van der Waals surface area (Å²) >= 11 is 11.2. The van der Waals surface area contributed by atoms with Crippen molar-refractivity contribution in [3.8, 4) is 0 Å². The minimum Gasteiger partial charge on any atom is -0.324 e. The molecule has 2 nitrogen and oxygen atoms in total. The van der Waals surface area contributed by atoms with Crippen LogP contribution in [0.25, 0.3) is 0 Å². The molecule has 0 saturated heterocycles. The van der Waals surface area contributed by atoms with Gasteiger partial charge in [-0.05, 0) is 24.5 Å². The maximum Gasteiger partial charge on any atom is 0.234 e. The van der Waals surface area contributed by atoms with Gasteiger partial charge in [-0.3, -0.25) is 4.79 Å². The van der Waals surface area contributed by atoms with Crippen molar-refractivity contribution >= 4 is 47.6 Å². The van der Waals surface area contributed by atoms with E-state index in [1.807, 2.05) is 12.3 Å². The molecule has 0 bridgehead atoms. The molecule has 0 fully saturated rings. The van der Waals surface area contributed by atoms with Crippen LogP contribution in [0.1, 0.15) is 0 Å². The lowest BCUT2D eigenvalue weighted by molar-refractivity contribution is -0.113. The van der Waals surface area contributed by atoms with Crippen LogP contribution in [-0.4, -0.2) is 17.9 Å². The van der Waals surface area contributed by atoms with Crippen LogP contribution in [0.4, 0.5) is 5.69 Å². The Morgan fingerprint density at radius 3 is 2.93 bits per heavy atom. The van der Waals surface area contributed by atoms with Crippen molar-refractivity contribution < 1.29 is 4.79 Å². The fraction of sp³-hybridized carbons (Fsp3) is 0.222. The third-order valence-corrected chi connectivity index (χ3v) is 2.88. The Labute approximate surface area is 97.8 Å². The predicted octanol–water partition coefficient (Wildman–Crippen LogP) is 2.93. The van der Waals surface area contributed by atoms with Crippen LogP contribution in [0.3, 0.4) is 0 Å². The Balaban J connectivity index is 2.90. The Hall–Kier alpha value is -0.320. The van der Waals surface area contributed by atoms with Crippen molar-refractivity contribution in [1.82, 2.24) is 0 Å². The van der Waals surface area contributed by atoms with E-state index in [-0.39, 0.29) is 11.7 Å². The second kappa shape index (κ2) is 5.53. The number of anilines is 1. The fourth-order valence-corrected chi connectivity index (χ4v) is 1.86. The molecule has 1 aromatic carbocycles. The summed E-state index contributed by atoms with van der Waals surface area (Å²) < 4.78 is 0. The first-order valence-corrected chi connectivity index (χ1v) is 6.15. The van der Waals surface area contributed by atoms with Gasteiger partial charge in [-0.15, -0.1) is 11.8 Å². The number of hydrogen-bond acceptors (Lipinski definition) is 3. The SMILES string of the molecule is CSc1cc(Cl)ccc1NC(=O)CS. The lowest BCUT2D eigenvalue weighted by Crippen LogP contribution is -2.13. The van der Waals surface area contributed by atoms with Crippen molar-refractivity contribution in [3.63, 3.8) is 0 Å². The van der Waals surface area contributed by atoms with Gasteiger partial charge in [-0.1, -0.05) is 11.6 Å². The molecule has 0 saturated carbocycles. The van der Waals surface area contributed by atoms with Gasteiger partial charge in [0, 0.05) is 9.92 Å². The lowest BCUT2D eigenvalue weighted by Gasteiger charge is -2.08. The van der Waals surface area contributed by atoms with Gasteiger partial charge in [0.25, 0.3) is 0 Å². The zero-order valence-electron chi connectivity index (χ0n) is 7.58. The molecule has 1 rings (SSSR count). The first kappa shape index (κ1) is 11.8. The van der Waals surface area contributed by atoms with Crippen LogP contribution in [0.2, 0.25) is 5.02 Å². The standard InChI is InChI=1S/C9H10ClNOS2/c1-14-8-4-6(10)2-3-7(8)11-9(12)5-13/h2-4,13H,5H2,1H3,(H,11,12). The number of hydrogen-bond donors (Lipinski definition) is 2. The summed E-state index contributed by atoms with van der Waals surface area (Å²) in [6, 6.07) is 5.35. The van der Waals surface area contributed by atoms with Gasteiger partial charge in [-0.25, -0.2) is 0 Å². The summed E-state index contributed by atoms with van der Waals surface area (Å²) in [6.45, 7) is 0. The molecule has 5 heteroatoms. The van der Waals surface area contributed by atoms with Crippen molar-refractivity contribution in [3.05, 3.63) is 23.2 Å². The largest absolute Gasteiger partial charge is 0.324 e. The number of thiol groups is 1. The first-order valence-electron chi connectivity index (χ1n) is 3.91. The Bertz CT molecular complexity index is 344. The summed E-state index contributed by atoms with van der Waals surface area (Å²) in [5.74, 6) is 0.0575. The molecular formula is C9H10ClNOS2. The Morgan fingerprint density at radius 2 is 2.36 bits per heavy atom. The average Bonchev–Trinajstić information content (AvgIpc) is 2.20. The first-order chi connectivity index (χ1) is 6.67. The second-order valence-electron chi connectivity index (χ2n) is 2.55. The van der Waals surface area contributed by atoms with E-state index in [1.54, 1.807) is 12.1 Å². The predicted molar refractivity (Wildman–Crippen MR) is 65.7 cm³/mol. The number of benzene rings is 1. The second-order valence-corrected chi connectivity index (χ2v) is 4.15. The van der Waals surface area contributed by atoms with Crippen LogP contribution in [0, 0.1) is 0 Å². The third kappa shape index (κ3) is 3.12. The molecule has 76 valence electrons. The molecule has 1 amide bonds. The molecule has 0 radical (unpaired) electrons. The van der Waals surface area contributed by atoms with E-state index in [1.165, 1.54) is 11.8 Å². The monoisotopic (exact) mass is 247 g/mol.